The number of hydrogen-bond donors (Lipinski definition) is 2. The molecule has 0 unspecified atom stereocenters. The average molecular weight is 194 g/mol. The van der Waals surface area contributed by atoms with E-state index < -0.39 is 0 Å². The van der Waals surface area contributed by atoms with Crippen LogP contribution in [0.2, 0.25) is 0 Å². The highest BCUT2D eigenvalue weighted by Crippen LogP contribution is 1.75. The van der Waals surface area contributed by atoms with Gasteiger partial charge in [0.2, 0.25) is 11.8 Å². The Balaban J connectivity index is 3.78. The van der Waals surface area contributed by atoms with Crippen LogP contribution in [-0.4, -0.2) is 24.9 Å². The molecular formula is C10H14N2O2. The Bertz CT molecular complexity index is 231. The molecule has 14 heavy (non-hydrogen) atoms. The quantitative estimate of drug-likeness (QED) is 0.467. The van der Waals surface area contributed by atoms with Crippen LogP contribution in [0.4, 0.5) is 0 Å². The maximum atomic E-state index is 10.9. The van der Waals surface area contributed by atoms with E-state index in [2.05, 4.69) is 23.8 Å². The number of amides is 2. The van der Waals surface area contributed by atoms with Crippen LogP contribution >= 0.6 is 0 Å². The van der Waals surface area contributed by atoms with Crippen molar-refractivity contribution in [2.75, 3.05) is 13.1 Å². The fraction of sp³-hybridized carbons (Fsp3) is 0.200. The second kappa shape index (κ2) is 7.79. The van der Waals surface area contributed by atoms with Crippen molar-refractivity contribution >= 4 is 11.8 Å². The van der Waals surface area contributed by atoms with Gasteiger partial charge in [-0.05, 0) is 0 Å². The first-order valence-corrected chi connectivity index (χ1v) is 4.16. The molecule has 2 N–H and O–H groups in total. The summed E-state index contributed by atoms with van der Waals surface area (Å²) in [5.41, 5.74) is 0. The highest BCUT2D eigenvalue weighted by Gasteiger charge is 1.95. The van der Waals surface area contributed by atoms with Gasteiger partial charge in [0.1, 0.15) is 0 Å². The Morgan fingerprint density at radius 2 is 1.29 bits per heavy atom. The van der Waals surface area contributed by atoms with Crippen LogP contribution in [0.25, 0.3) is 0 Å². The summed E-state index contributed by atoms with van der Waals surface area (Å²) in [5.74, 6) is -0.641. The molecule has 0 rings (SSSR count). The third-order valence-electron chi connectivity index (χ3n) is 1.23. The van der Waals surface area contributed by atoms with Gasteiger partial charge in [0.25, 0.3) is 0 Å². The summed E-state index contributed by atoms with van der Waals surface area (Å²) in [4.78, 5) is 21.9. The van der Waals surface area contributed by atoms with Gasteiger partial charge >= 0.3 is 0 Å². The maximum absolute atomic E-state index is 10.9. The molecule has 0 aromatic rings. The molecule has 0 saturated carbocycles. The predicted molar refractivity (Wildman–Crippen MR) is 55.6 cm³/mol. The average Bonchev–Trinajstić information content (AvgIpc) is 2.20. The summed E-state index contributed by atoms with van der Waals surface area (Å²) < 4.78 is 0. The molecule has 0 aliphatic rings. The molecule has 0 radical (unpaired) electrons. The predicted octanol–water partition coefficient (Wildman–Crippen LogP) is 0.147. The van der Waals surface area contributed by atoms with E-state index in [-0.39, 0.29) is 11.8 Å². The van der Waals surface area contributed by atoms with Crippen molar-refractivity contribution in [2.24, 2.45) is 0 Å². The van der Waals surface area contributed by atoms with Gasteiger partial charge in [-0.1, -0.05) is 12.2 Å². The van der Waals surface area contributed by atoms with Crippen LogP contribution in [-0.2, 0) is 9.59 Å². The van der Waals surface area contributed by atoms with Crippen LogP contribution in [0.5, 0.6) is 0 Å². The molecule has 0 aromatic carbocycles. The summed E-state index contributed by atoms with van der Waals surface area (Å²) >= 11 is 0. The topological polar surface area (TPSA) is 58.2 Å². The van der Waals surface area contributed by atoms with E-state index in [0.717, 1.165) is 0 Å². The second-order valence-electron chi connectivity index (χ2n) is 2.40. The minimum absolute atomic E-state index is 0.321. The maximum Gasteiger partial charge on any atom is 0.244 e. The van der Waals surface area contributed by atoms with E-state index in [4.69, 9.17) is 0 Å². The van der Waals surface area contributed by atoms with Crippen molar-refractivity contribution in [1.29, 1.82) is 0 Å². The molecule has 0 aromatic heterocycles. The lowest BCUT2D eigenvalue weighted by molar-refractivity contribution is -0.118. The van der Waals surface area contributed by atoms with E-state index in [1.165, 1.54) is 12.2 Å². The molecule has 0 heterocycles. The molecule has 0 bridgehead atoms. The SMILES string of the molecule is C=CCNC(=O)/C=C/C(=O)NCC=C. The minimum Gasteiger partial charge on any atom is -0.349 e. The largest absolute Gasteiger partial charge is 0.349 e. The summed E-state index contributed by atoms with van der Waals surface area (Å²) in [6.45, 7) is 7.65. The number of hydrogen-bond acceptors (Lipinski definition) is 2. The molecule has 0 spiro atoms. The third kappa shape index (κ3) is 6.84. The molecule has 76 valence electrons. The molecule has 2 amide bonds. The molecule has 0 aliphatic heterocycles. The van der Waals surface area contributed by atoms with E-state index in [0.29, 0.717) is 13.1 Å². The molecule has 4 heteroatoms. The Morgan fingerprint density at radius 1 is 0.929 bits per heavy atom. The fourth-order valence-electron chi connectivity index (χ4n) is 0.615. The van der Waals surface area contributed by atoms with Gasteiger partial charge in [0.05, 0.1) is 0 Å². The van der Waals surface area contributed by atoms with Gasteiger partial charge in [-0.15, -0.1) is 13.2 Å². The van der Waals surface area contributed by atoms with Gasteiger partial charge < -0.3 is 10.6 Å². The lowest BCUT2D eigenvalue weighted by Crippen LogP contribution is -2.23. The highest BCUT2D eigenvalue weighted by molar-refractivity contribution is 5.96. The monoisotopic (exact) mass is 194 g/mol. The van der Waals surface area contributed by atoms with Crippen LogP contribution in [0.15, 0.2) is 37.5 Å². The number of carbonyl (C=O) groups excluding carboxylic acids is 2. The van der Waals surface area contributed by atoms with E-state index in [1.54, 1.807) is 12.2 Å². The van der Waals surface area contributed by atoms with E-state index in [9.17, 15) is 9.59 Å². The normalized spacial score (nSPS) is 9.43. The van der Waals surface area contributed by atoms with Crippen molar-refractivity contribution in [2.45, 2.75) is 0 Å². The van der Waals surface area contributed by atoms with Crippen LogP contribution in [0, 0.1) is 0 Å². The van der Waals surface area contributed by atoms with Crippen LogP contribution < -0.4 is 10.6 Å². The van der Waals surface area contributed by atoms with E-state index in [1.807, 2.05) is 0 Å². The number of nitrogens with one attached hydrogen (secondary N) is 2. The zero-order valence-corrected chi connectivity index (χ0v) is 7.95. The Labute approximate surface area is 83.4 Å². The Hall–Kier alpha value is -1.84. The Morgan fingerprint density at radius 3 is 1.57 bits per heavy atom. The lowest BCUT2D eigenvalue weighted by Gasteiger charge is -1.96. The van der Waals surface area contributed by atoms with Crippen LogP contribution in [0.1, 0.15) is 0 Å². The van der Waals surface area contributed by atoms with Gasteiger partial charge in [-0.2, -0.15) is 0 Å². The number of carbonyl (C=O) groups is 2. The zero-order chi connectivity index (χ0) is 10.8. The van der Waals surface area contributed by atoms with Crippen molar-refractivity contribution in [1.82, 2.24) is 10.6 Å². The molecular weight excluding hydrogens is 180 g/mol. The molecule has 0 saturated heterocycles. The summed E-state index contributed by atoms with van der Waals surface area (Å²) in [6, 6.07) is 0. The van der Waals surface area contributed by atoms with Crippen molar-refractivity contribution in [3.8, 4) is 0 Å². The van der Waals surface area contributed by atoms with Gasteiger partial charge in [0.15, 0.2) is 0 Å². The van der Waals surface area contributed by atoms with Gasteiger partial charge in [0, 0.05) is 25.2 Å². The van der Waals surface area contributed by atoms with Crippen molar-refractivity contribution in [3.63, 3.8) is 0 Å². The first-order chi connectivity index (χ1) is 6.70. The first kappa shape index (κ1) is 12.2. The minimum atomic E-state index is -0.321. The van der Waals surface area contributed by atoms with E-state index >= 15 is 0 Å². The summed E-state index contributed by atoms with van der Waals surface area (Å²) in [6.07, 6.45) is 5.46. The van der Waals surface area contributed by atoms with Gasteiger partial charge in [-0.25, -0.2) is 0 Å². The first-order valence-electron chi connectivity index (χ1n) is 4.16. The highest BCUT2D eigenvalue weighted by atomic mass is 16.2. The molecule has 4 nitrogen and oxygen atoms in total. The summed E-state index contributed by atoms with van der Waals surface area (Å²) in [7, 11) is 0. The number of rotatable bonds is 6. The standard InChI is InChI=1S/C10H14N2O2/c1-3-7-11-9(13)5-6-10(14)12-8-4-2/h3-6H,1-2,7-8H2,(H,11,13)(H,12,14)/b6-5+. The lowest BCUT2D eigenvalue weighted by atomic mass is 10.4. The van der Waals surface area contributed by atoms with Crippen molar-refractivity contribution < 1.29 is 9.59 Å². The van der Waals surface area contributed by atoms with Gasteiger partial charge in [-0.3, -0.25) is 9.59 Å². The second-order valence-corrected chi connectivity index (χ2v) is 2.40. The zero-order valence-electron chi connectivity index (χ0n) is 7.95. The van der Waals surface area contributed by atoms with Crippen molar-refractivity contribution in [3.05, 3.63) is 37.5 Å². The summed E-state index contributed by atoms with van der Waals surface area (Å²) in [5, 5.41) is 5.00. The smallest absolute Gasteiger partial charge is 0.244 e. The van der Waals surface area contributed by atoms with Crippen LogP contribution in [0.3, 0.4) is 0 Å². The molecule has 0 fully saturated rings. The molecule has 0 aliphatic carbocycles. The Kier molecular flexibility index (Phi) is 6.77. The third-order valence-corrected chi connectivity index (χ3v) is 1.23. The molecule has 0 atom stereocenters. The fourth-order valence-corrected chi connectivity index (χ4v) is 0.615.